The first-order valence-corrected chi connectivity index (χ1v) is 17.6. The molecule has 3 aromatic rings. The van der Waals surface area contributed by atoms with Gasteiger partial charge in [0.15, 0.2) is 15.7 Å². The Balaban J connectivity index is 1.24. The molecule has 254 valence electrons. The number of nitrogens with zero attached hydrogens (tertiary/aromatic N) is 5. The Hall–Kier alpha value is -3.72. The number of likely N-dealkylation sites (tertiary alicyclic amines) is 1. The van der Waals surface area contributed by atoms with E-state index in [1.54, 1.807) is 38.1 Å². The van der Waals surface area contributed by atoms with E-state index in [1.165, 1.54) is 25.4 Å². The number of aliphatic carboxylic acids is 1. The maximum absolute atomic E-state index is 15.6. The van der Waals surface area contributed by atoms with Crippen molar-refractivity contribution in [1.82, 2.24) is 19.8 Å². The molecule has 0 saturated carbocycles. The van der Waals surface area contributed by atoms with Crippen LogP contribution in [-0.4, -0.2) is 104 Å². The highest BCUT2D eigenvalue weighted by Gasteiger charge is 2.27. The number of halogens is 2. The molecule has 2 aliphatic heterocycles. The summed E-state index contributed by atoms with van der Waals surface area (Å²) < 4.78 is 47.0. The summed E-state index contributed by atoms with van der Waals surface area (Å²) in [6.07, 6.45) is 3.33. The number of carbonyl (C=O) groups is 1. The first-order valence-electron chi connectivity index (χ1n) is 15.6. The first-order chi connectivity index (χ1) is 22.4. The number of para-hydroxylation sites is 1. The zero-order valence-electron chi connectivity index (χ0n) is 26.7. The molecule has 0 aliphatic carbocycles. The van der Waals surface area contributed by atoms with Gasteiger partial charge in [-0.1, -0.05) is 23.7 Å². The lowest BCUT2D eigenvalue weighted by atomic mass is 9.96. The average Bonchev–Trinajstić information content (AvgIpc) is 3.04. The van der Waals surface area contributed by atoms with Crippen LogP contribution in [0, 0.1) is 11.7 Å². The maximum Gasteiger partial charge on any atom is 0.317 e. The summed E-state index contributed by atoms with van der Waals surface area (Å²) in [4.78, 5) is 26.2. The van der Waals surface area contributed by atoms with Crippen molar-refractivity contribution >= 4 is 56.2 Å². The minimum atomic E-state index is -3.59. The maximum atomic E-state index is 15.6. The van der Waals surface area contributed by atoms with E-state index in [9.17, 15) is 13.2 Å². The van der Waals surface area contributed by atoms with E-state index < -0.39 is 26.9 Å². The molecule has 1 aromatic heterocycles. The Morgan fingerprint density at radius 1 is 1.06 bits per heavy atom. The summed E-state index contributed by atoms with van der Waals surface area (Å²) in [6, 6.07) is 9.52. The predicted octanol–water partition coefficient (Wildman–Crippen LogP) is 4.87. The number of aromatic nitrogens is 2. The van der Waals surface area contributed by atoms with Gasteiger partial charge in [0.25, 0.3) is 0 Å². The Labute approximate surface area is 279 Å². The van der Waals surface area contributed by atoms with Gasteiger partial charge >= 0.3 is 5.97 Å². The number of hydrogen-bond donors (Lipinski definition) is 3. The molecule has 0 amide bonds. The molecule has 3 N–H and O–H groups in total. The molecule has 47 heavy (non-hydrogen) atoms. The van der Waals surface area contributed by atoms with Gasteiger partial charge in [0, 0.05) is 44.9 Å². The SMILES string of the molecule is COc1cc(N2CCN(CC3CCN(CC(=O)O)CC3)CC2)c(F)cc1Nc1ncc(Cl)c(Nc2ccccc2S(=O)(=O)C(C)C)n1. The van der Waals surface area contributed by atoms with E-state index in [0.29, 0.717) is 41.8 Å². The Bertz CT molecular complexity index is 1680. The molecular formula is C32H41ClFN7O5S. The lowest BCUT2D eigenvalue weighted by Gasteiger charge is -2.39. The molecule has 0 radical (unpaired) electrons. The standard InChI is InChI=1S/C32H41ClFN7O5S/c1-21(2)47(44,45)29-7-5-4-6-25(29)36-31-23(33)18-35-32(38-31)37-26-16-24(34)27(17-28(26)46-3)41-14-12-40(13-15-41)19-22-8-10-39(11-9-22)20-30(42)43/h4-7,16-18,21-22H,8-15,19-20H2,1-3H3,(H,42,43)(H2,35,36,37,38). The molecule has 0 unspecified atom stereocenters. The van der Waals surface area contributed by atoms with Crippen molar-refractivity contribution in [2.24, 2.45) is 5.92 Å². The number of carboxylic acids is 1. The van der Waals surface area contributed by atoms with E-state index in [4.69, 9.17) is 21.4 Å². The molecule has 2 aliphatic rings. The second-order valence-electron chi connectivity index (χ2n) is 12.1. The van der Waals surface area contributed by atoms with Crippen molar-refractivity contribution in [1.29, 1.82) is 0 Å². The minimum Gasteiger partial charge on any atom is -0.494 e. The number of sulfone groups is 1. The van der Waals surface area contributed by atoms with Crippen LogP contribution in [0.3, 0.4) is 0 Å². The highest BCUT2D eigenvalue weighted by atomic mass is 35.5. The van der Waals surface area contributed by atoms with E-state index in [1.807, 2.05) is 9.80 Å². The van der Waals surface area contributed by atoms with Gasteiger partial charge in [0.2, 0.25) is 5.95 Å². The fourth-order valence-corrected chi connectivity index (χ4v) is 7.28. The molecule has 0 spiro atoms. The van der Waals surface area contributed by atoms with Crippen LogP contribution in [0.2, 0.25) is 5.02 Å². The van der Waals surface area contributed by atoms with Gasteiger partial charge in [-0.2, -0.15) is 4.98 Å². The third-order valence-corrected chi connectivity index (χ3v) is 11.1. The number of rotatable bonds is 12. The van der Waals surface area contributed by atoms with Gasteiger partial charge in [0.1, 0.15) is 16.6 Å². The van der Waals surface area contributed by atoms with Crippen LogP contribution >= 0.6 is 11.6 Å². The quantitative estimate of drug-likeness (QED) is 0.239. The van der Waals surface area contributed by atoms with E-state index in [-0.39, 0.29) is 28.2 Å². The number of methoxy groups -OCH3 is 1. The third-order valence-electron chi connectivity index (χ3n) is 8.62. The Morgan fingerprint density at radius 2 is 1.77 bits per heavy atom. The van der Waals surface area contributed by atoms with Crippen LogP contribution in [-0.2, 0) is 14.6 Å². The van der Waals surface area contributed by atoms with E-state index in [0.717, 1.165) is 45.6 Å². The average molecular weight is 690 g/mol. The van der Waals surface area contributed by atoms with Crippen LogP contribution < -0.4 is 20.3 Å². The van der Waals surface area contributed by atoms with Crippen LogP contribution in [0.4, 0.5) is 33.2 Å². The van der Waals surface area contributed by atoms with E-state index >= 15 is 4.39 Å². The number of piperazine rings is 1. The number of carboxylic acid groups (broad SMARTS) is 1. The number of piperidine rings is 1. The second kappa shape index (κ2) is 15.0. The summed E-state index contributed by atoms with van der Waals surface area (Å²) in [5, 5.41) is 14.6. The number of hydrogen-bond acceptors (Lipinski definition) is 11. The lowest BCUT2D eigenvalue weighted by molar-refractivity contribution is -0.138. The molecule has 2 saturated heterocycles. The first kappa shape index (κ1) is 34.6. The largest absolute Gasteiger partial charge is 0.494 e. The second-order valence-corrected chi connectivity index (χ2v) is 15.0. The van der Waals surface area contributed by atoms with Crippen molar-refractivity contribution < 1.29 is 27.4 Å². The fourth-order valence-electron chi connectivity index (χ4n) is 5.94. The fraction of sp³-hybridized carbons (Fsp3) is 0.469. The zero-order chi connectivity index (χ0) is 33.7. The monoisotopic (exact) mass is 689 g/mol. The summed E-state index contributed by atoms with van der Waals surface area (Å²) in [6.45, 7) is 8.81. The number of benzene rings is 2. The van der Waals surface area contributed by atoms with Crippen molar-refractivity contribution in [2.75, 3.05) is 75.0 Å². The minimum absolute atomic E-state index is 0.0988. The molecule has 15 heteroatoms. The summed E-state index contributed by atoms with van der Waals surface area (Å²) in [7, 11) is -2.09. The molecule has 12 nitrogen and oxygen atoms in total. The highest BCUT2D eigenvalue weighted by Crippen LogP contribution is 2.36. The van der Waals surface area contributed by atoms with Gasteiger partial charge in [-0.3, -0.25) is 14.6 Å². The van der Waals surface area contributed by atoms with Gasteiger partial charge in [-0.25, -0.2) is 17.8 Å². The van der Waals surface area contributed by atoms with Crippen LogP contribution in [0.1, 0.15) is 26.7 Å². The molecule has 2 aromatic carbocycles. The molecular weight excluding hydrogens is 649 g/mol. The summed E-state index contributed by atoms with van der Waals surface area (Å²) >= 11 is 6.38. The molecule has 2 fully saturated rings. The van der Waals surface area contributed by atoms with Crippen LogP contribution in [0.5, 0.6) is 5.75 Å². The van der Waals surface area contributed by atoms with Crippen molar-refractivity contribution in [3.05, 3.63) is 53.4 Å². The Morgan fingerprint density at radius 3 is 2.43 bits per heavy atom. The summed E-state index contributed by atoms with van der Waals surface area (Å²) in [5.41, 5.74) is 1.08. The van der Waals surface area contributed by atoms with E-state index in [2.05, 4.69) is 25.5 Å². The van der Waals surface area contributed by atoms with Crippen molar-refractivity contribution in [2.45, 2.75) is 36.8 Å². The topological polar surface area (TPSA) is 140 Å². The summed E-state index contributed by atoms with van der Waals surface area (Å²) in [5.74, 6) is 0.00493. The zero-order valence-corrected chi connectivity index (χ0v) is 28.3. The van der Waals surface area contributed by atoms with Crippen LogP contribution in [0.15, 0.2) is 47.5 Å². The number of anilines is 5. The van der Waals surface area contributed by atoms with Gasteiger partial charge in [-0.05, 0) is 57.8 Å². The van der Waals surface area contributed by atoms with Gasteiger partial charge in [0.05, 0.1) is 47.1 Å². The molecule has 0 atom stereocenters. The molecule has 5 rings (SSSR count). The number of ether oxygens (including phenoxy) is 1. The van der Waals surface area contributed by atoms with Crippen LogP contribution in [0.25, 0.3) is 0 Å². The lowest BCUT2D eigenvalue weighted by Crippen LogP contribution is -2.49. The predicted molar refractivity (Wildman–Crippen MR) is 181 cm³/mol. The highest BCUT2D eigenvalue weighted by molar-refractivity contribution is 7.92. The van der Waals surface area contributed by atoms with Crippen molar-refractivity contribution in [3.63, 3.8) is 0 Å². The number of nitrogens with one attached hydrogen (secondary N) is 2. The smallest absolute Gasteiger partial charge is 0.317 e. The normalized spacial score (nSPS) is 16.8. The third kappa shape index (κ3) is 8.42. The molecule has 3 heterocycles. The van der Waals surface area contributed by atoms with Gasteiger partial charge < -0.3 is 25.4 Å². The Kier molecular flexibility index (Phi) is 11.1. The van der Waals surface area contributed by atoms with Gasteiger partial charge in [-0.15, -0.1) is 0 Å². The molecule has 0 bridgehead atoms. The van der Waals surface area contributed by atoms with Crippen molar-refractivity contribution in [3.8, 4) is 5.75 Å².